The SMILES string of the molecule is Cl.NCc1cc(C(=O)NCC2CCC2)co1. The van der Waals surface area contributed by atoms with Crippen LogP contribution >= 0.6 is 12.4 Å². The van der Waals surface area contributed by atoms with Gasteiger partial charge in [0.25, 0.3) is 5.91 Å². The number of hydrogen-bond donors (Lipinski definition) is 2. The van der Waals surface area contributed by atoms with E-state index in [1.807, 2.05) is 0 Å². The molecule has 0 saturated heterocycles. The first-order valence-electron chi connectivity index (χ1n) is 5.35. The largest absolute Gasteiger partial charge is 0.467 e. The predicted octanol–water partition coefficient (Wildman–Crippen LogP) is 1.69. The molecule has 1 aliphatic rings. The molecule has 1 fully saturated rings. The molecule has 1 heterocycles. The molecule has 0 atom stereocenters. The molecule has 0 bridgehead atoms. The van der Waals surface area contributed by atoms with Crippen molar-refractivity contribution in [1.82, 2.24) is 5.32 Å². The van der Waals surface area contributed by atoms with Crippen LogP contribution in [-0.4, -0.2) is 12.5 Å². The fourth-order valence-electron chi connectivity index (χ4n) is 1.64. The summed E-state index contributed by atoms with van der Waals surface area (Å²) in [5.41, 5.74) is 5.96. The molecule has 90 valence electrons. The smallest absolute Gasteiger partial charge is 0.254 e. The second kappa shape index (κ2) is 5.92. The van der Waals surface area contributed by atoms with Crippen LogP contribution in [-0.2, 0) is 6.54 Å². The Hall–Kier alpha value is -1.00. The quantitative estimate of drug-likeness (QED) is 0.847. The zero-order valence-electron chi connectivity index (χ0n) is 9.07. The van der Waals surface area contributed by atoms with Crippen molar-refractivity contribution in [3.05, 3.63) is 23.7 Å². The van der Waals surface area contributed by atoms with Crippen LogP contribution in [0.1, 0.15) is 35.4 Å². The molecule has 1 aromatic heterocycles. The molecule has 1 saturated carbocycles. The van der Waals surface area contributed by atoms with Crippen LogP contribution in [0.4, 0.5) is 0 Å². The normalized spacial score (nSPS) is 15.1. The Morgan fingerprint density at radius 1 is 1.56 bits per heavy atom. The van der Waals surface area contributed by atoms with Gasteiger partial charge in [-0.25, -0.2) is 0 Å². The molecule has 4 nitrogen and oxygen atoms in total. The maximum absolute atomic E-state index is 11.6. The van der Waals surface area contributed by atoms with Crippen LogP contribution in [0.5, 0.6) is 0 Å². The highest BCUT2D eigenvalue weighted by Crippen LogP contribution is 2.25. The number of carbonyl (C=O) groups excluding carboxylic acids is 1. The lowest BCUT2D eigenvalue weighted by atomic mass is 9.85. The van der Waals surface area contributed by atoms with E-state index in [-0.39, 0.29) is 18.3 Å². The first-order chi connectivity index (χ1) is 7.29. The Kier molecular flexibility index (Phi) is 4.83. The summed E-state index contributed by atoms with van der Waals surface area (Å²) in [5, 5.41) is 2.90. The summed E-state index contributed by atoms with van der Waals surface area (Å²) in [6.07, 6.45) is 5.22. The highest BCUT2D eigenvalue weighted by Gasteiger charge is 2.18. The van der Waals surface area contributed by atoms with Crippen LogP contribution in [0.2, 0.25) is 0 Å². The zero-order valence-corrected chi connectivity index (χ0v) is 9.89. The summed E-state index contributed by atoms with van der Waals surface area (Å²) < 4.78 is 5.10. The van der Waals surface area contributed by atoms with Crippen molar-refractivity contribution in [3.8, 4) is 0 Å². The Morgan fingerprint density at radius 2 is 2.31 bits per heavy atom. The van der Waals surface area contributed by atoms with Crippen molar-refractivity contribution < 1.29 is 9.21 Å². The number of nitrogens with two attached hydrogens (primary N) is 1. The van der Waals surface area contributed by atoms with E-state index in [9.17, 15) is 4.79 Å². The Bertz CT molecular complexity index is 348. The molecule has 0 unspecified atom stereocenters. The summed E-state index contributed by atoms with van der Waals surface area (Å²) in [5.74, 6) is 1.25. The highest BCUT2D eigenvalue weighted by molar-refractivity contribution is 5.93. The molecule has 1 amide bonds. The van der Waals surface area contributed by atoms with Gasteiger partial charge >= 0.3 is 0 Å². The summed E-state index contributed by atoms with van der Waals surface area (Å²) >= 11 is 0. The summed E-state index contributed by atoms with van der Waals surface area (Å²) in [4.78, 5) is 11.6. The number of halogens is 1. The first-order valence-corrected chi connectivity index (χ1v) is 5.35. The molecule has 0 aromatic carbocycles. The molecular weight excluding hydrogens is 228 g/mol. The molecule has 2 rings (SSSR count). The molecule has 3 N–H and O–H groups in total. The third kappa shape index (κ3) is 3.00. The average molecular weight is 245 g/mol. The average Bonchev–Trinajstić information content (AvgIpc) is 2.63. The number of amides is 1. The van der Waals surface area contributed by atoms with Gasteiger partial charge in [0, 0.05) is 6.54 Å². The molecule has 0 aliphatic heterocycles. The van der Waals surface area contributed by atoms with Crippen molar-refractivity contribution in [2.45, 2.75) is 25.8 Å². The van der Waals surface area contributed by atoms with Gasteiger partial charge in [-0.15, -0.1) is 12.4 Å². The van der Waals surface area contributed by atoms with E-state index < -0.39 is 0 Å². The lowest BCUT2D eigenvalue weighted by Gasteiger charge is -2.25. The zero-order chi connectivity index (χ0) is 10.7. The van der Waals surface area contributed by atoms with Gasteiger partial charge in [-0.2, -0.15) is 0 Å². The molecule has 1 aromatic rings. The number of hydrogen-bond acceptors (Lipinski definition) is 3. The van der Waals surface area contributed by atoms with Crippen molar-refractivity contribution in [1.29, 1.82) is 0 Å². The Labute approximate surface area is 101 Å². The van der Waals surface area contributed by atoms with E-state index in [2.05, 4.69) is 5.32 Å². The van der Waals surface area contributed by atoms with Crippen LogP contribution in [0, 0.1) is 5.92 Å². The van der Waals surface area contributed by atoms with Gasteiger partial charge in [-0.05, 0) is 24.8 Å². The summed E-state index contributed by atoms with van der Waals surface area (Å²) in [6.45, 7) is 1.11. The van der Waals surface area contributed by atoms with Gasteiger partial charge in [-0.3, -0.25) is 4.79 Å². The number of carbonyl (C=O) groups is 1. The predicted molar refractivity (Wildman–Crippen MR) is 63.5 cm³/mol. The maximum Gasteiger partial charge on any atom is 0.254 e. The van der Waals surface area contributed by atoms with Crippen molar-refractivity contribution in [2.24, 2.45) is 11.7 Å². The maximum atomic E-state index is 11.6. The second-order valence-corrected chi connectivity index (χ2v) is 4.01. The number of rotatable bonds is 4. The Balaban J connectivity index is 0.00000128. The lowest BCUT2D eigenvalue weighted by Crippen LogP contribution is -2.31. The van der Waals surface area contributed by atoms with Crippen LogP contribution < -0.4 is 11.1 Å². The highest BCUT2D eigenvalue weighted by atomic mass is 35.5. The van der Waals surface area contributed by atoms with E-state index >= 15 is 0 Å². The van der Waals surface area contributed by atoms with Crippen LogP contribution in [0.15, 0.2) is 16.7 Å². The minimum Gasteiger partial charge on any atom is -0.467 e. The summed E-state index contributed by atoms with van der Waals surface area (Å²) in [7, 11) is 0. The number of furan rings is 1. The monoisotopic (exact) mass is 244 g/mol. The van der Waals surface area contributed by atoms with Crippen LogP contribution in [0.25, 0.3) is 0 Å². The molecule has 0 radical (unpaired) electrons. The van der Waals surface area contributed by atoms with Gasteiger partial charge in [0.1, 0.15) is 12.0 Å². The first kappa shape index (κ1) is 13.1. The minimum absolute atomic E-state index is 0. The second-order valence-electron chi connectivity index (χ2n) is 4.01. The Morgan fingerprint density at radius 3 is 2.81 bits per heavy atom. The van der Waals surface area contributed by atoms with Crippen molar-refractivity contribution >= 4 is 18.3 Å². The minimum atomic E-state index is -0.0645. The van der Waals surface area contributed by atoms with E-state index in [1.54, 1.807) is 6.07 Å². The fourth-order valence-corrected chi connectivity index (χ4v) is 1.64. The van der Waals surface area contributed by atoms with Crippen LogP contribution in [0.3, 0.4) is 0 Å². The standard InChI is InChI=1S/C11H16N2O2.ClH/c12-5-10-4-9(7-15-10)11(14)13-6-8-2-1-3-8;/h4,7-8H,1-3,5-6,12H2,(H,13,14);1H. The molecule has 16 heavy (non-hydrogen) atoms. The lowest BCUT2D eigenvalue weighted by molar-refractivity contribution is 0.0938. The molecule has 0 spiro atoms. The van der Waals surface area contributed by atoms with E-state index in [0.29, 0.717) is 23.8 Å². The molecule has 5 heteroatoms. The molecule has 1 aliphatic carbocycles. The third-order valence-electron chi connectivity index (χ3n) is 2.89. The topological polar surface area (TPSA) is 68.3 Å². The fraction of sp³-hybridized carbons (Fsp3) is 0.545. The van der Waals surface area contributed by atoms with Gasteiger partial charge in [0.15, 0.2) is 0 Å². The number of nitrogens with one attached hydrogen (secondary N) is 1. The van der Waals surface area contributed by atoms with Gasteiger partial charge in [-0.1, -0.05) is 6.42 Å². The van der Waals surface area contributed by atoms with E-state index in [0.717, 1.165) is 6.54 Å². The van der Waals surface area contributed by atoms with Crippen molar-refractivity contribution in [3.63, 3.8) is 0 Å². The van der Waals surface area contributed by atoms with Crippen molar-refractivity contribution in [2.75, 3.05) is 6.54 Å². The third-order valence-corrected chi connectivity index (χ3v) is 2.89. The van der Waals surface area contributed by atoms with Gasteiger partial charge < -0.3 is 15.5 Å². The molecular formula is C11H17ClN2O2. The van der Waals surface area contributed by atoms with E-state index in [1.165, 1.54) is 25.5 Å². The van der Waals surface area contributed by atoms with Gasteiger partial charge in [0.05, 0.1) is 12.1 Å². The summed E-state index contributed by atoms with van der Waals surface area (Å²) in [6, 6.07) is 1.69. The van der Waals surface area contributed by atoms with Gasteiger partial charge in [0.2, 0.25) is 0 Å². The van der Waals surface area contributed by atoms with E-state index in [4.69, 9.17) is 10.2 Å².